The topological polar surface area (TPSA) is 82.8 Å². The van der Waals surface area contributed by atoms with E-state index >= 15 is 0 Å². The van der Waals surface area contributed by atoms with Gasteiger partial charge in [0, 0.05) is 19.1 Å². The van der Waals surface area contributed by atoms with Crippen LogP contribution in [0.3, 0.4) is 0 Å². The second kappa shape index (κ2) is 10.7. The van der Waals surface area contributed by atoms with E-state index in [1.54, 1.807) is 39.8 Å². The molecule has 0 saturated carbocycles. The van der Waals surface area contributed by atoms with Crippen molar-refractivity contribution in [3.63, 3.8) is 0 Å². The van der Waals surface area contributed by atoms with Crippen molar-refractivity contribution < 1.29 is 23.0 Å². The zero-order valence-corrected chi connectivity index (χ0v) is 19.4. The van der Waals surface area contributed by atoms with E-state index in [0.717, 1.165) is 11.0 Å². The molecule has 8 nitrogen and oxygen atoms in total. The van der Waals surface area contributed by atoms with E-state index in [9.17, 15) is 23.2 Å². The fourth-order valence-electron chi connectivity index (χ4n) is 4.43. The number of benzene rings is 2. The Bertz CT molecular complexity index is 1310. The normalized spacial score (nSPS) is 14.5. The molecule has 0 aliphatic carbocycles. The number of rotatable bonds is 9. The van der Waals surface area contributed by atoms with Crippen LogP contribution in [0, 0.1) is 0 Å². The minimum atomic E-state index is -1.27. The minimum absolute atomic E-state index is 0.0145. The zero-order valence-electron chi connectivity index (χ0n) is 19.4. The Balaban J connectivity index is 1.85. The molecule has 35 heavy (non-hydrogen) atoms. The summed E-state index contributed by atoms with van der Waals surface area (Å²) >= 11 is 0. The monoisotopic (exact) mass is 487 g/mol. The fraction of sp³-hybridized carbons (Fsp3) is 0.400. The van der Waals surface area contributed by atoms with Crippen molar-refractivity contribution in [2.75, 3.05) is 33.5 Å². The van der Waals surface area contributed by atoms with E-state index in [1.807, 2.05) is 0 Å². The van der Waals surface area contributed by atoms with Gasteiger partial charge in [-0.15, -0.1) is 0 Å². The summed E-state index contributed by atoms with van der Waals surface area (Å²) in [5.74, 6) is 0.737. The second-order valence-electron chi connectivity index (χ2n) is 8.50. The number of amides is 1. The minimum Gasteiger partial charge on any atom is -0.497 e. The van der Waals surface area contributed by atoms with Gasteiger partial charge in [-0.1, -0.05) is 12.1 Å². The van der Waals surface area contributed by atoms with E-state index in [4.69, 9.17) is 9.47 Å². The number of halogens is 2. The molecule has 1 amide bonds. The first-order valence-electron chi connectivity index (χ1n) is 11.4. The summed E-state index contributed by atoms with van der Waals surface area (Å²) in [5.41, 5.74) is 0.120. The Morgan fingerprint density at radius 1 is 1.06 bits per heavy atom. The molecule has 10 heteroatoms. The highest BCUT2D eigenvalue weighted by atomic mass is 19.1. The number of methoxy groups -OCH3 is 1. The first kappa shape index (κ1) is 24.4. The maximum Gasteiger partial charge on any atom is 0.332 e. The molecule has 0 atom stereocenters. The molecule has 1 saturated heterocycles. The Hall–Kier alpha value is -3.69. The molecule has 2 aromatic carbocycles. The Morgan fingerprint density at radius 2 is 1.80 bits per heavy atom. The highest BCUT2D eigenvalue weighted by molar-refractivity contribution is 5.80. The van der Waals surface area contributed by atoms with Crippen molar-refractivity contribution in [2.45, 2.75) is 31.5 Å². The first-order valence-corrected chi connectivity index (χ1v) is 11.4. The summed E-state index contributed by atoms with van der Waals surface area (Å²) < 4.78 is 39.4. The average molecular weight is 488 g/mol. The fourth-order valence-corrected chi connectivity index (χ4v) is 4.43. The number of hydrogen-bond acceptors (Lipinski definition) is 5. The number of hydrogen-bond donors (Lipinski definition) is 0. The molecule has 1 aliphatic heterocycles. The van der Waals surface area contributed by atoms with Crippen molar-refractivity contribution in [1.82, 2.24) is 14.0 Å². The highest BCUT2D eigenvalue weighted by Crippen LogP contribution is 2.26. The number of ether oxygens (including phenoxy) is 2. The Morgan fingerprint density at radius 3 is 2.46 bits per heavy atom. The number of carbonyl (C=O) groups excluding carboxylic acids is 1. The summed E-state index contributed by atoms with van der Waals surface area (Å²) in [4.78, 5) is 39.9. The molecule has 186 valence electrons. The molecule has 0 N–H and O–H groups in total. The van der Waals surface area contributed by atoms with Gasteiger partial charge in [-0.05, 0) is 48.7 Å². The van der Waals surface area contributed by atoms with Crippen molar-refractivity contribution in [3.05, 3.63) is 68.9 Å². The van der Waals surface area contributed by atoms with E-state index < -0.39 is 30.7 Å². The summed E-state index contributed by atoms with van der Waals surface area (Å²) in [6, 6.07) is 11.3. The zero-order chi connectivity index (χ0) is 24.9. The van der Waals surface area contributed by atoms with Gasteiger partial charge in [-0.25, -0.2) is 13.6 Å². The van der Waals surface area contributed by atoms with E-state index in [-0.39, 0.29) is 23.7 Å². The molecule has 1 aliphatic rings. The van der Waals surface area contributed by atoms with Crippen LogP contribution >= 0.6 is 0 Å². The number of aromatic nitrogens is 2. The summed E-state index contributed by atoms with van der Waals surface area (Å²) in [5, 5.41) is 0.208. The van der Waals surface area contributed by atoms with Crippen LogP contribution in [0.4, 0.5) is 8.78 Å². The van der Waals surface area contributed by atoms with Crippen LogP contribution in [0.2, 0.25) is 0 Å². The van der Waals surface area contributed by atoms with Crippen LogP contribution in [-0.4, -0.2) is 60.1 Å². The molecular formula is C25H27F2N3O5. The number of likely N-dealkylation sites (tertiary alicyclic amines) is 1. The summed E-state index contributed by atoms with van der Waals surface area (Å²) in [6.45, 7) is -1.02. The van der Waals surface area contributed by atoms with Crippen molar-refractivity contribution in [1.29, 1.82) is 0 Å². The third kappa shape index (κ3) is 5.06. The Labute approximate surface area is 200 Å². The van der Waals surface area contributed by atoms with Gasteiger partial charge in [-0.3, -0.25) is 18.7 Å². The lowest BCUT2D eigenvalue weighted by Gasteiger charge is -2.31. The molecule has 0 bridgehead atoms. The summed E-state index contributed by atoms with van der Waals surface area (Å²) in [6.07, 6.45) is 0.617. The average Bonchev–Trinajstić information content (AvgIpc) is 2.90. The van der Waals surface area contributed by atoms with Gasteiger partial charge in [0.05, 0.1) is 24.6 Å². The molecule has 2 heterocycles. The predicted octanol–water partition coefficient (Wildman–Crippen LogP) is 2.70. The number of piperidine rings is 1. The van der Waals surface area contributed by atoms with Crippen molar-refractivity contribution in [2.24, 2.45) is 0 Å². The van der Waals surface area contributed by atoms with Crippen LogP contribution < -0.4 is 20.7 Å². The van der Waals surface area contributed by atoms with Crippen LogP contribution in [0.5, 0.6) is 11.5 Å². The van der Waals surface area contributed by atoms with Crippen LogP contribution in [0.25, 0.3) is 10.9 Å². The van der Waals surface area contributed by atoms with Gasteiger partial charge in [-0.2, -0.15) is 0 Å². The predicted molar refractivity (Wildman–Crippen MR) is 127 cm³/mol. The lowest BCUT2D eigenvalue weighted by atomic mass is 10.0. The first-order chi connectivity index (χ1) is 17.0. The van der Waals surface area contributed by atoms with Crippen molar-refractivity contribution in [3.8, 4) is 11.5 Å². The van der Waals surface area contributed by atoms with Crippen LogP contribution in [0.15, 0.2) is 52.1 Å². The third-order valence-electron chi connectivity index (χ3n) is 6.28. The van der Waals surface area contributed by atoms with Gasteiger partial charge < -0.3 is 14.4 Å². The van der Waals surface area contributed by atoms with Crippen LogP contribution in [-0.2, 0) is 11.3 Å². The van der Waals surface area contributed by atoms with Gasteiger partial charge in [0.2, 0.25) is 6.41 Å². The maximum absolute atomic E-state index is 13.6. The van der Waals surface area contributed by atoms with E-state index in [0.29, 0.717) is 42.8 Å². The number of alkyl halides is 2. The molecule has 3 aromatic rings. The number of fused-ring (bicyclic) bond motifs is 1. The van der Waals surface area contributed by atoms with Gasteiger partial charge in [0.15, 0.2) is 6.10 Å². The Kier molecular flexibility index (Phi) is 7.48. The smallest absolute Gasteiger partial charge is 0.332 e. The lowest BCUT2D eigenvalue weighted by Crippen LogP contribution is -2.44. The van der Waals surface area contributed by atoms with E-state index in [2.05, 4.69) is 0 Å². The highest BCUT2D eigenvalue weighted by Gasteiger charge is 2.25. The molecule has 4 rings (SSSR count). The quantitative estimate of drug-likeness (QED) is 0.434. The molecule has 0 radical (unpaired) electrons. The van der Waals surface area contributed by atoms with Gasteiger partial charge in [0.1, 0.15) is 24.8 Å². The van der Waals surface area contributed by atoms with Gasteiger partial charge >= 0.3 is 5.69 Å². The molecular weight excluding hydrogens is 460 g/mol. The van der Waals surface area contributed by atoms with Crippen LogP contribution in [0.1, 0.15) is 24.4 Å². The number of nitrogens with zero attached hydrogens (tertiary/aromatic N) is 3. The van der Waals surface area contributed by atoms with E-state index in [1.165, 1.54) is 19.2 Å². The van der Waals surface area contributed by atoms with Crippen molar-refractivity contribution >= 4 is 17.3 Å². The second-order valence-corrected chi connectivity index (χ2v) is 8.50. The third-order valence-corrected chi connectivity index (χ3v) is 6.28. The molecule has 1 fully saturated rings. The standard InChI is InChI=1S/C25H27F2N3O5/c1-34-19-4-2-3-17(11-19)15-29-24(32)22-12-20(35-21(13-26)14-27)5-6-23(22)30(25(29)33)18-7-9-28(16-31)10-8-18/h2-6,11-12,16,18,21H,7-10,13-15H2,1H3. The largest absolute Gasteiger partial charge is 0.497 e. The summed E-state index contributed by atoms with van der Waals surface area (Å²) in [7, 11) is 1.53. The SMILES string of the molecule is COc1cccc(Cn2c(=O)c3cc(OC(CF)CF)ccc3n(C3CCN(C=O)CC3)c2=O)c1. The molecule has 1 aromatic heterocycles. The molecule has 0 unspecified atom stereocenters. The number of carbonyl (C=O) groups is 1. The lowest BCUT2D eigenvalue weighted by molar-refractivity contribution is -0.119. The molecule has 0 spiro atoms. The van der Waals surface area contributed by atoms with Gasteiger partial charge in [0.25, 0.3) is 5.56 Å². The maximum atomic E-state index is 13.6.